The van der Waals surface area contributed by atoms with E-state index in [1.807, 2.05) is 17.9 Å². The summed E-state index contributed by atoms with van der Waals surface area (Å²) in [4.78, 5) is 24.4. The highest BCUT2D eigenvalue weighted by atomic mass is 19.4. The van der Waals surface area contributed by atoms with Crippen LogP contribution in [0.1, 0.15) is 47.5 Å². The zero-order chi connectivity index (χ0) is 23.7. The molecule has 178 valence electrons. The van der Waals surface area contributed by atoms with Crippen molar-refractivity contribution in [3.05, 3.63) is 59.4 Å². The number of rotatable bonds is 5. The van der Waals surface area contributed by atoms with Gasteiger partial charge in [-0.2, -0.15) is 18.2 Å². The molecule has 2 saturated heterocycles. The molecular formula is C23H24F3N7O. The number of hydrogen-bond acceptors (Lipinski definition) is 8. The van der Waals surface area contributed by atoms with Crippen molar-refractivity contribution in [2.24, 2.45) is 0 Å². The Morgan fingerprint density at radius 1 is 0.941 bits per heavy atom. The maximum absolute atomic E-state index is 13.1. The van der Waals surface area contributed by atoms with Crippen LogP contribution in [0, 0.1) is 6.92 Å². The zero-order valence-electron chi connectivity index (χ0n) is 18.6. The Balaban J connectivity index is 1.40. The highest BCUT2D eigenvalue weighted by Crippen LogP contribution is 2.34. The molecule has 2 fully saturated rings. The third-order valence-corrected chi connectivity index (χ3v) is 6.06. The lowest BCUT2D eigenvalue weighted by Crippen LogP contribution is -2.46. The molecule has 3 aromatic rings. The number of ether oxygens (including phenoxy) is 1. The summed E-state index contributed by atoms with van der Waals surface area (Å²) in [6, 6.07) is 5.57. The summed E-state index contributed by atoms with van der Waals surface area (Å²) in [5, 5.41) is 2.94. The summed E-state index contributed by atoms with van der Waals surface area (Å²) in [7, 11) is 0. The van der Waals surface area contributed by atoms with Gasteiger partial charge in [0, 0.05) is 56.4 Å². The first-order valence-corrected chi connectivity index (χ1v) is 11.2. The minimum atomic E-state index is -4.45. The SMILES string of the molecule is Cc1ccnc(C2CN(c3nc(Nc4cc(C(F)(F)F)ccn4)cc(C4CCOCC4)n3)C2)n1. The summed E-state index contributed by atoms with van der Waals surface area (Å²) in [6.07, 6.45) is 0.101. The molecule has 0 bridgehead atoms. The summed E-state index contributed by atoms with van der Waals surface area (Å²) in [5.41, 5.74) is 0.993. The molecule has 5 heterocycles. The first-order chi connectivity index (χ1) is 16.3. The second-order valence-corrected chi connectivity index (χ2v) is 8.58. The van der Waals surface area contributed by atoms with Crippen molar-refractivity contribution >= 4 is 17.6 Å². The van der Waals surface area contributed by atoms with Crippen molar-refractivity contribution < 1.29 is 17.9 Å². The molecule has 2 aliphatic rings. The fraction of sp³-hybridized carbons (Fsp3) is 0.435. The number of aryl methyl sites for hydroxylation is 1. The van der Waals surface area contributed by atoms with Crippen LogP contribution in [-0.4, -0.2) is 51.2 Å². The number of aromatic nitrogens is 5. The Bertz CT molecular complexity index is 1160. The van der Waals surface area contributed by atoms with Crippen LogP contribution >= 0.6 is 0 Å². The maximum atomic E-state index is 13.1. The minimum Gasteiger partial charge on any atom is -0.381 e. The molecule has 0 aliphatic carbocycles. The van der Waals surface area contributed by atoms with Crippen molar-refractivity contribution in [3.8, 4) is 0 Å². The fourth-order valence-electron chi connectivity index (χ4n) is 4.14. The molecule has 0 unspecified atom stereocenters. The number of nitrogens with zero attached hydrogens (tertiary/aromatic N) is 6. The third kappa shape index (κ3) is 4.93. The average Bonchev–Trinajstić information content (AvgIpc) is 2.78. The molecule has 8 nitrogen and oxygen atoms in total. The molecule has 0 atom stereocenters. The van der Waals surface area contributed by atoms with Gasteiger partial charge in [0.25, 0.3) is 0 Å². The first-order valence-electron chi connectivity index (χ1n) is 11.2. The normalized spacial score (nSPS) is 17.5. The van der Waals surface area contributed by atoms with Gasteiger partial charge >= 0.3 is 6.18 Å². The molecule has 3 aromatic heterocycles. The molecule has 11 heteroatoms. The minimum absolute atomic E-state index is 0.0760. The van der Waals surface area contributed by atoms with Crippen molar-refractivity contribution in [2.75, 3.05) is 36.5 Å². The lowest BCUT2D eigenvalue weighted by molar-refractivity contribution is -0.137. The fourth-order valence-corrected chi connectivity index (χ4v) is 4.14. The lowest BCUT2D eigenvalue weighted by atomic mass is 9.96. The van der Waals surface area contributed by atoms with Gasteiger partial charge in [-0.25, -0.2) is 19.9 Å². The van der Waals surface area contributed by atoms with Crippen LogP contribution in [0.2, 0.25) is 0 Å². The van der Waals surface area contributed by atoms with Gasteiger partial charge in [-0.1, -0.05) is 0 Å². The quantitative estimate of drug-likeness (QED) is 0.592. The van der Waals surface area contributed by atoms with E-state index in [1.54, 1.807) is 12.3 Å². The van der Waals surface area contributed by atoms with E-state index in [9.17, 15) is 13.2 Å². The van der Waals surface area contributed by atoms with Gasteiger partial charge in [0.2, 0.25) is 5.95 Å². The van der Waals surface area contributed by atoms with Crippen LogP contribution in [0.5, 0.6) is 0 Å². The standard InChI is InChI=1S/C23H24F3N7O/c1-14-2-6-28-21(29-14)16-12-33(13-16)22-30-18(15-4-8-34-9-5-15)11-20(32-22)31-19-10-17(3-7-27-19)23(24,25)26/h2-3,6-7,10-11,15-16H,4-5,8-9,12-13H2,1H3,(H,27,30,31,32). The molecule has 0 spiro atoms. The van der Waals surface area contributed by atoms with Gasteiger partial charge in [0.05, 0.1) is 17.2 Å². The maximum Gasteiger partial charge on any atom is 0.416 e. The average molecular weight is 471 g/mol. The summed E-state index contributed by atoms with van der Waals surface area (Å²) >= 11 is 0. The van der Waals surface area contributed by atoms with E-state index in [0.717, 1.165) is 48.4 Å². The van der Waals surface area contributed by atoms with Gasteiger partial charge in [0.1, 0.15) is 17.5 Å². The molecule has 0 amide bonds. The predicted molar refractivity (Wildman–Crippen MR) is 119 cm³/mol. The van der Waals surface area contributed by atoms with Crippen molar-refractivity contribution in [1.82, 2.24) is 24.9 Å². The number of nitrogens with one attached hydrogen (secondary N) is 1. The Hall–Kier alpha value is -3.34. The highest BCUT2D eigenvalue weighted by molar-refractivity contribution is 5.56. The second kappa shape index (κ2) is 9.13. The Labute approximate surface area is 194 Å². The lowest BCUT2D eigenvalue weighted by Gasteiger charge is -2.38. The van der Waals surface area contributed by atoms with E-state index in [1.165, 1.54) is 0 Å². The molecule has 34 heavy (non-hydrogen) atoms. The van der Waals surface area contributed by atoms with Crippen LogP contribution in [0.15, 0.2) is 36.7 Å². The molecule has 5 rings (SSSR count). The molecule has 1 N–H and O–H groups in total. The first kappa shape index (κ1) is 22.5. The molecule has 2 aliphatic heterocycles. The van der Waals surface area contributed by atoms with Gasteiger partial charge in [-0.15, -0.1) is 0 Å². The smallest absolute Gasteiger partial charge is 0.381 e. The highest BCUT2D eigenvalue weighted by Gasteiger charge is 2.33. The van der Waals surface area contributed by atoms with Crippen LogP contribution in [0.4, 0.5) is 30.8 Å². The number of anilines is 3. The topological polar surface area (TPSA) is 89.0 Å². The molecule has 0 radical (unpaired) electrons. The van der Waals surface area contributed by atoms with E-state index in [0.29, 0.717) is 38.1 Å². The molecule has 0 aromatic carbocycles. The van der Waals surface area contributed by atoms with Crippen LogP contribution in [0.25, 0.3) is 0 Å². The van der Waals surface area contributed by atoms with Gasteiger partial charge in [-0.3, -0.25) is 0 Å². The Kier molecular flexibility index (Phi) is 6.03. The van der Waals surface area contributed by atoms with Crippen molar-refractivity contribution in [3.63, 3.8) is 0 Å². The predicted octanol–water partition coefficient (Wildman–Crippen LogP) is 4.23. The van der Waals surface area contributed by atoms with Crippen molar-refractivity contribution in [2.45, 2.75) is 37.8 Å². The summed E-state index contributed by atoms with van der Waals surface area (Å²) in [5.74, 6) is 2.19. The zero-order valence-corrected chi connectivity index (χ0v) is 18.6. The van der Waals surface area contributed by atoms with Crippen LogP contribution < -0.4 is 10.2 Å². The van der Waals surface area contributed by atoms with E-state index >= 15 is 0 Å². The summed E-state index contributed by atoms with van der Waals surface area (Å²) in [6.45, 7) is 4.57. The Morgan fingerprint density at radius 3 is 2.44 bits per heavy atom. The largest absolute Gasteiger partial charge is 0.416 e. The Morgan fingerprint density at radius 2 is 1.71 bits per heavy atom. The van der Waals surface area contributed by atoms with Crippen LogP contribution in [0.3, 0.4) is 0 Å². The van der Waals surface area contributed by atoms with E-state index in [2.05, 4.69) is 25.3 Å². The van der Waals surface area contributed by atoms with E-state index in [-0.39, 0.29) is 17.7 Å². The number of hydrogen-bond donors (Lipinski definition) is 1. The van der Waals surface area contributed by atoms with E-state index in [4.69, 9.17) is 9.72 Å². The van der Waals surface area contributed by atoms with Gasteiger partial charge in [-0.05, 0) is 38.0 Å². The molecule has 0 saturated carbocycles. The number of alkyl halides is 3. The molecular weight excluding hydrogens is 447 g/mol. The number of pyridine rings is 1. The van der Waals surface area contributed by atoms with E-state index < -0.39 is 11.7 Å². The monoisotopic (exact) mass is 471 g/mol. The summed E-state index contributed by atoms with van der Waals surface area (Å²) < 4.78 is 44.9. The third-order valence-electron chi connectivity index (χ3n) is 6.06. The van der Waals surface area contributed by atoms with Crippen molar-refractivity contribution in [1.29, 1.82) is 0 Å². The number of halogens is 3. The second-order valence-electron chi connectivity index (χ2n) is 8.58. The van der Waals surface area contributed by atoms with Crippen LogP contribution in [-0.2, 0) is 10.9 Å². The van der Waals surface area contributed by atoms with Gasteiger partial charge in [0.15, 0.2) is 0 Å². The van der Waals surface area contributed by atoms with Gasteiger partial charge < -0.3 is 15.0 Å².